The molecular weight excluding hydrogens is 324 g/mol. The average Bonchev–Trinajstić information content (AvgIpc) is 3.34. The lowest BCUT2D eigenvalue weighted by atomic mass is 10.1. The maximum absolute atomic E-state index is 12.6. The molecule has 1 unspecified atom stereocenters. The van der Waals surface area contributed by atoms with Crippen LogP contribution in [0.5, 0.6) is 0 Å². The van der Waals surface area contributed by atoms with Crippen molar-refractivity contribution in [2.75, 3.05) is 0 Å². The third-order valence-electron chi connectivity index (χ3n) is 3.99. The van der Waals surface area contributed by atoms with E-state index in [1.54, 1.807) is 4.57 Å². The van der Waals surface area contributed by atoms with Crippen LogP contribution in [0.1, 0.15) is 38.3 Å². The minimum Gasteiger partial charge on any atom is -0.351 e. The standard InChI is InChI=1S/C17H22N4O2S/c1-11(2)14(15(22)18-10-12-6-4-3-5-7-12)24-17-20-19-16(23)21(17)13-8-9-13/h3-7,11,13-14H,8-10H2,1-2H3,(H,18,22)(H,19,23). The van der Waals surface area contributed by atoms with Gasteiger partial charge in [0, 0.05) is 12.6 Å². The normalized spacial score (nSPS) is 15.5. The van der Waals surface area contributed by atoms with Gasteiger partial charge in [-0.1, -0.05) is 55.9 Å². The maximum atomic E-state index is 12.6. The highest BCUT2D eigenvalue weighted by Crippen LogP contribution is 2.37. The fraction of sp³-hybridized carbons (Fsp3) is 0.471. The van der Waals surface area contributed by atoms with Crippen molar-refractivity contribution in [3.8, 4) is 0 Å². The summed E-state index contributed by atoms with van der Waals surface area (Å²) in [5.41, 5.74) is 0.875. The highest BCUT2D eigenvalue weighted by Gasteiger charge is 2.32. The molecule has 2 aromatic rings. The summed E-state index contributed by atoms with van der Waals surface area (Å²) < 4.78 is 1.69. The zero-order chi connectivity index (χ0) is 17.1. The Labute approximate surface area is 145 Å². The van der Waals surface area contributed by atoms with Crippen molar-refractivity contribution in [2.24, 2.45) is 5.92 Å². The number of aromatic nitrogens is 3. The van der Waals surface area contributed by atoms with E-state index < -0.39 is 0 Å². The minimum atomic E-state index is -0.290. The molecule has 0 bridgehead atoms. The molecule has 6 nitrogen and oxygen atoms in total. The van der Waals surface area contributed by atoms with Gasteiger partial charge in [0.05, 0.1) is 5.25 Å². The van der Waals surface area contributed by atoms with Crippen molar-refractivity contribution in [3.05, 3.63) is 46.4 Å². The highest BCUT2D eigenvalue weighted by atomic mass is 32.2. The van der Waals surface area contributed by atoms with Gasteiger partial charge in [-0.05, 0) is 24.3 Å². The zero-order valence-electron chi connectivity index (χ0n) is 13.9. The van der Waals surface area contributed by atoms with E-state index in [1.165, 1.54) is 11.8 Å². The Balaban J connectivity index is 1.68. The molecule has 1 aliphatic carbocycles. The predicted molar refractivity (Wildman–Crippen MR) is 93.9 cm³/mol. The number of hydrogen-bond donors (Lipinski definition) is 2. The van der Waals surface area contributed by atoms with E-state index in [1.807, 2.05) is 44.2 Å². The van der Waals surface area contributed by atoms with Crippen molar-refractivity contribution in [1.29, 1.82) is 0 Å². The van der Waals surface area contributed by atoms with Gasteiger partial charge < -0.3 is 5.32 Å². The number of amides is 1. The van der Waals surface area contributed by atoms with Crippen LogP contribution >= 0.6 is 11.8 Å². The molecular formula is C17H22N4O2S. The van der Waals surface area contributed by atoms with Gasteiger partial charge in [0.1, 0.15) is 0 Å². The van der Waals surface area contributed by atoms with Crippen molar-refractivity contribution in [3.63, 3.8) is 0 Å². The Morgan fingerprint density at radius 3 is 2.71 bits per heavy atom. The topological polar surface area (TPSA) is 79.8 Å². The Kier molecular flexibility index (Phi) is 5.08. The molecule has 1 amide bonds. The SMILES string of the molecule is CC(C)C(Sc1n[nH]c(=O)n1C1CC1)C(=O)NCc1ccccc1. The number of carbonyl (C=O) groups is 1. The van der Waals surface area contributed by atoms with Crippen LogP contribution in [-0.2, 0) is 11.3 Å². The molecule has 1 aliphatic rings. The van der Waals surface area contributed by atoms with E-state index >= 15 is 0 Å². The monoisotopic (exact) mass is 346 g/mol. The number of benzene rings is 1. The molecule has 1 fully saturated rings. The van der Waals surface area contributed by atoms with E-state index in [2.05, 4.69) is 15.5 Å². The summed E-state index contributed by atoms with van der Waals surface area (Å²) in [7, 11) is 0. The van der Waals surface area contributed by atoms with Crippen molar-refractivity contribution < 1.29 is 4.79 Å². The van der Waals surface area contributed by atoms with Gasteiger partial charge in [-0.15, -0.1) is 5.10 Å². The molecule has 0 aliphatic heterocycles. The molecule has 0 spiro atoms. The van der Waals surface area contributed by atoms with Crippen molar-refractivity contribution in [1.82, 2.24) is 20.1 Å². The third kappa shape index (κ3) is 3.90. The second kappa shape index (κ2) is 7.25. The van der Waals surface area contributed by atoms with Gasteiger partial charge in [-0.2, -0.15) is 0 Å². The molecule has 128 valence electrons. The molecule has 3 rings (SSSR count). The average molecular weight is 346 g/mol. The molecule has 7 heteroatoms. The Morgan fingerprint density at radius 1 is 1.38 bits per heavy atom. The van der Waals surface area contributed by atoms with Crippen LogP contribution in [0.25, 0.3) is 0 Å². The van der Waals surface area contributed by atoms with Crippen LogP contribution in [0, 0.1) is 5.92 Å². The fourth-order valence-electron chi connectivity index (χ4n) is 2.52. The van der Waals surface area contributed by atoms with Crippen LogP contribution in [0.2, 0.25) is 0 Å². The Hall–Kier alpha value is -2.02. The van der Waals surface area contributed by atoms with Crippen LogP contribution in [0.3, 0.4) is 0 Å². The summed E-state index contributed by atoms with van der Waals surface area (Å²) in [4.78, 5) is 24.5. The van der Waals surface area contributed by atoms with Crippen LogP contribution in [0.15, 0.2) is 40.3 Å². The van der Waals surface area contributed by atoms with Gasteiger partial charge in [-0.3, -0.25) is 9.36 Å². The van der Waals surface area contributed by atoms with Gasteiger partial charge in [-0.25, -0.2) is 9.89 Å². The summed E-state index contributed by atoms with van der Waals surface area (Å²) in [5.74, 6) is 0.0990. The lowest BCUT2D eigenvalue weighted by Crippen LogP contribution is -2.35. The Morgan fingerprint density at radius 2 is 2.08 bits per heavy atom. The Bertz CT molecular complexity index is 749. The number of nitrogens with zero attached hydrogens (tertiary/aromatic N) is 2. The number of carbonyl (C=O) groups excluding carboxylic acids is 1. The summed E-state index contributed by atoms with van der Waals surface area (Å²) in [5, 5.41) is 9.92. The number of H-pyrrole nitrogens is 1. The molecule has 1 aromatic carbocycles. The van der Waals surface area contributed by atoms with Crippen LogP contribution in [-0.4, -0.2) is 25.9 Å². The van der Waals surface area contributed by atoms with E-state index in [-0.39, 0.29) is 28.8 Å². The summed E-state index contributed by atoms with van der Waals surface area (Å²) in [6.45, 7) is 4.51. The fourth-order valence-corrected chi connectivity index (χ4v) is 3.65. The number of hydrogen-bond acceptors (Lipinski definition) is 4. The number of thioether (sulfide) groups is 1. The number of nitrogens with one attached hydrogen (secondary N) is 2. The largest absolute Gasteiger partial charge is 0.351 e. The van der Waals surface area contributed by atoms with Gasteiger partial charge in [0.2, 0.25) is 5.91 Å². The van der Waals surface area contributed by atoms with E-state index in [0.717, 1.165) is 18.4 Å². The zero-order valence-corrected chi connectivity index (χ0v) is 14.7. The predicted octanol–water partition coefficient (Wildman–Crippen LogP) is 2.34. The molecule has 1 atom stereocenters. The first-order valence-electron chi connectivity index (χ1n) is 8.21. The highest BCUT2D eigenvalue weighted by molar-refractivity contribution is 8.00. The van der Waals surface area contributed by atoms with Crippen molar-refractivity contribution >= 4 is 17.7 Å². The van der Waals surface area contributed by atoms with E-state index in [9.17, 15) is 9.59 Å². The summed E-state index contributed by atoms with van der Waals surface area (Å²) in [6.07, 6.45) is 2.00. The second-order valence-corrected chi connectivity index (χ2v) is 7.51. The van der Waals surface area contributed by atoms with Gasteiger partial charge in [0.15, 0.2) is 5.16 Å². The molecule has 0 saturated heterocycles. The third-order valence-corrected chi connectivity index (χ3v) is 5.50. The maximum Gasteiger partial charge on any atom is 0.344 e. The van der Waals surface area contributed by atoms with Crippen LogP contribution < -0.4 is 11.0 Å². The first kappa shape index (κ1) is 16.8. The van der Waals surface area contributed by atoms with Gasteiger partial charge >= 0.3 is 5.69 Å². The summed E-state index contributed by atoms with van der Waals surface area (Å²) in [6, 6.07) is 10.1. The molecule has 24 heavy (non-hydrogen) atoms. The van der Waals surface area contributed by atoms with E-state index in [0.29, 0.717) is 11.7 Å². The smallest absolute Gasteiger partial charge is 0.344 e. The molecule has 1 saturated carbocycles. The molecule has 1 heterocycles. The van der Waals surface area contributed by atoms with Crippen LogP contribution in [0.4, 0.5) is 0 Å². The quantitative estimate of drug-likeness (QED) is 0.754. The molecule has 0 radical (unpaired) electrons. The summed E-state index contributed by atoms with van der Waals surface area (Å²) >= 11 is 1.36. The van der Waals surface area contributed by atoms with E-state index in [4.69, 9.17) is 0 Å². The van der Waals surface area contributed by atoms with Crippen molar-refractivity contribution in [2.45, 2.75) is 49.7 Å². The van der Waals surface area contributed by atoms with Gasteiger partial charge in [0.25, 0.3) is 0 Å². The number of aromatic amines is 1. The second-order valence-electron chi connectivity index (χ2n) is 6.40. The lowest BCUT2D eigenvalue weighted by Gasteiger charge is -2.19. The molecule has 2 N–H and O–H groups in total. The minimum absolute atomic E-state index is 0.0309. The lowest BCUT2D eigenvalue weighted by molar-refractivity contribution is -0.121. The first-order valence-corrected chi connectivity index (χ1v) is 9.09. The first-order chi connectivity index (χ1) is 11.6. The number of rotatable bonds is 7. The molecule has 1 aromatic heterocycles.